The molecular formula is C25H27N3O2. The first-order valence-electron chi connectivity index (χ1n) is 10.2. The van der Waals surface area contributed by atoms with Crippen LogP contribution in [0.25, 0.3) is 11.1 Å². The normalized spacial score (nSPS) is 11.7. The molecule has 154 valence electrons. The van der Waals surface area contributed by atoms with Crippen molar-refractivity contribution >= 4 is 5.91 Å². The molecule has 2 N–H and O–H groups in total. The Kier molecular flexibility index (Phi) is 7.29. The van der Waals surface area contributed by atoms with E-state index in [2.05, 4.69) is 30.2 Å². The van der Waals surface area contributed by atoms with Gasteiger partial charge in [0.2, 0.25) is 5.91 Å². The third-order valence-electron chi connectivity index (χ3n) is 4.88. The molecule has 0 saturated heterocycles. The summed E-state index contributed by atoms with van der Waals surface area (Å²) in [5.41, 5.74) is 4.03. The van der Waals surface area contributed by atoms with Crippen LogP contribution in [0, 0.1) is 17.2 Å². The minimum Gasteiger partial charge on any atom is -0.487 e. The Morgan fingerprint density at radius 1 is 1.10 bits per heavy atom. The lowest BCUT2D eigenvalue weighted by molar-refractivity contribution is -0.122. The molecule has 0 fully saturated rings. The number of carbonyl (C=O) groups excluding carboxylic acids is 1. The number of H-pyrrole nitrogens is 1. The van der Waals surface area contributed by atoms with Gasteiger partial charge in [0, 0.05) is 6.20 Å². The zero-order chi connectivity index (χ0) is 21.3. The first-order valence-corrected chi connectivity index (χ1v) is 10.2. The van der Waals surface area contributed by atoms with E-state index < -0.39 is 0 Å². The van der Waals surface area contributed by atoms with Crippen LogP contribution in [0.15, 0.2) is 66.9 Å². The van der Waals surface area contributed by atoms with Crippen molar-refractivity contribution in [3.05, 3.63) is 78.1 Å². The molecule has 5 nitrogen and oxygen atoms in total. The SMILES string of the molecule is CC(C)CC(C(=O)NCC#N)c1cccc(-c2cccc(OCc3ccc[nH]3)c2)c1. The maximum Gasteiger partial charge on any atom is 0.228 e. The van der Waals surface area contributed by atoms with Crippen molar-refractivity contribution in [1.29, 1.82) is 5.26 Å². The molecule has 1 amide bonds. The Morgan fingerprint density at radius 3 is 2.57 bits per heavy atom. The number of ether oxygens (including phenoxy) is 1. The number of aromatic amines is 1. The van der Waals surface area contributed by atoms with Gasteiger partial charge in [-0.15, -0.1) is 0 Å². The average molecular weight is 402 g/mol. The van der Waals surface area contributed by atoms with E-state index >= 15 is 0 Å². The highest BCUT2D eigenvalue weighted by Gasteiger charge is 2.22. The lowest BCUT2D eigenvalue weighted by atomic mass is 9.88. The van der Waals surface area contributed by atoms with E-state index in [0.29, 0.717) is 12.5 Å². The van der Waals surface area contributed by atoms with E-state index in [4.69, 9.17) is 10.00 Å². The smallest absolute Gasteiger partial charge is 0.228 e. The number of hydrogen-bond donors (Lipinski definition) is 2. The second-order valence-electron chi connectivity index (χ2n) is 7.70. The maximum absolute atomic E-state index is 12.7. The minimum atomic E-state index is -0.286. The lowest BCUT2D eigenvalue weighted by Crippen LogP contribution is -2.30. The van der Waals surface area contributed by atoms with E-state index in [1.165, 1.54) is 0 Å². The highest BCUT2D eigenvalue weighted by atomic mass is 16.5. The second kappa shape index (κ2) is 10.3. The molecule has 3 aromatic rings. The van der Waals surface area contributed by atoms with Crippen LogP contribution in [-0.2, 0) is 11.4 Å². The van der Waals surface area contributed by atoms with Crippen LogP contribution in [-0.4, -0.2) is 17.4 Å². The van der Waals surface area contributed by atoms with Gasteiger partial charge >= 0.3 is 0 Å². The molecule has 0 aliphatic heterocycles. The van der Waals surface area contributed by atoms with Crippen LogP contribution in [0.5, 0.6) is 5.75 Å². The van der Waals surface area contributed by atoms with E-state index in [9.17, 15) is 4.79 Å². The largest absolute Gasteiger partial charge is 0.487 e. The number of aromatic nitrogens is 1. The average Bonchev–Trinajstić information content (AvgIpc) is 3.28. The summed E-state index contributed by atoms with van der Waals surface area (Å²) >= 11 is 0. The third-order valence-corrected chi connectivity index (χ3v) is 4.88. The topological polar surface area (TPSA) is 77.9 Å². The van der Waals surface area contributed by atoms with Crippen molar-refractivity contribution in [3.63, 3.8) is 0 Å². The molecule has 0 aliphatic rings. The number of rotatable bonds is 9. The fraction of sp³-hybridized carbons (Fsp3) is 0.280. The van der Waals surface area contributed by atoms with Crippen molar-refractivity contribution in [3.8, 4) is 22.9 Å². The van der Waals surface area contributed by atoms with E-state index in [1.54, 1.807) is 0 Å². The Labute approximate surface area is 177 Å². The summed E-state index contributed by atoms with van der Waals surface area (Å²) in [5, 5.41) is 11.5. The van der Waals surface area contributed by atoms with Crippen LogP contribution >= 0.6 is 0 Å². The standard InChI is InChI=1S/C25H27N3O2/c1-18(2)14-24(25(29)28-13-11-26)21-8-3-6-19(15-21)20-7-4-10-23(16-20)30-17-22-9-5-12-27-22/h3-10,12,15-16,18,24,27H,13-14,17H2,1-2H3,(H,28,29). The predicted octanol–water partition coefficient (Wildman–Crippen LogP) is 5.03. The van der Waals surface area contributed by atoms with Gasteiger partial charge in [-0.25, -0.2) is 0 Å². The fourth-order valence-corrected chi connectivity index (χ4v) is 3.43. The quantitative estimate of drug-likeness (QED) is 0.494. The zero-order valence-electron chi connectivity index (χ0n) is 17.4. The number of nitriles is 1. The molecule has 1 heterocycles. The second-order valence-corrected chi connectivity index (χ2v) is 7.70. The molecule has 30 heavy (non-hydrogen) atoms. The van der Waals surface area contributed by atoms with Crippen LogP contribution in [0.4, 0.5) is 0 Å². The summed E-state index contributed by atoms with van der Waals surface area (Å²) in [7, 11) is 0. The molecule has 0 radical (unpaired) electrons. The number of benzene rings is 2. The van der Waals surface area contributed by atoms with Gasteiger partial charge in [-0.2, -0.15) is 5.26 Å². The Balaban J connectivity index is 1.81. The summed E-state index contributed by atoms with van der Waals surface area (Å²) in [6, 6.07) is 21.9. The Morgan fingerprint density at radius 2 is 1.87 bits per heavy atom. The van der Waals surface area contributed by atoms with Crippen LogP contribution in [0.3, 0.4) is 0 Å². The summed E-state index contributed by atoms with van der Waals surface area (Å²) < 4.78 is 5.90. The van der Waals surface area contributed by atoms with Gasteiger partial charge < -0.3 is 15.0 Å². The van der Waals surface area contributed by atoms with Gasteiger partial charge in [-0.05, 0) is 53.3 Å². The van der Waals surface area contributed by atoms with Crippen molar-refractivity contribution in [2.45, 2.75) is 32.8 Å². The number of amides is 1. The zero-order valence-corrected chi connectivity index (χ0v) is 17.4. The third kappa shape index (κ3) is 5.74. The number of nitrogens with zero attached hydrogens (tertiary/aromatic N) is 1. The number of hydrogen-bond acceptors (Lipinski definition) is 3. The van der Waals surface area contributed by atoms with Gasteiger partial charge in [-0.1, -0.05) is 50.2 Å². The van der Waals surface area contributed by atoms with Crippen molar-refractivity contribution in [1.82, 2.24) is 10.3 Å². The van der Waals surface area contributed by atoms with Crippen molar-refractivity contribution in [2.24, 2.45) is 5.92 Å². The molecule has 3 rings (SSSR count). The first kappa shape index (κ1) is 21.2. The van der Waals surface area contributed by atoms with Gasteiger partial charge in [-0.3, -0.25) is 4.79 Å². The van der Waals surface area contributed by atoms with Crippen molar-refractivity contribution < 1.29 is 9.53 Å². The maximum atomic E-state index is 12.7. The first-order chi connectivity index (χ1) is 14.6. The van der Waals surface area contributed by atoms with Gasteiger partial charge in [0.15, 0.2) is 0 Å². The summed E-state index contributed by atoms with van der Waals surface area (Å²) in [6.07, 6.45) is 2.60. The molecule has 0 spiro atoms. The number of carbonyl (C=O) groups is 1. The predicted molar refractivity (Wildman–Crippen MR) is 118 cm³/mol. The molecule has 0 saturated carbocycles. The summed E-state index contributed by atoms with van der Waals surface area (Å²) in [6.45, 7) is 4.69. The molecule has 1 atom stereocenters. The fourth-order valence-electron chi connectivity index (χ4n) is 3.43. The number of nitrogens with one attached hydrogen (secondary N) is 2. The van der Waals surface area contributed by atoms with Crippen LogP contribution in [0.1, 0.15) is 37.4 Å². The lowest BCUT2D eigenvalue weighted by Gasteiger charge is -2.19. The van der Waals surface area contributed by atoms with E-state index in [0.717, 1.165) is 34.6 Å². The molecular weight excluding hydrogens is 374 g/mol. The molecule has 1 unspecified atom stereocenters. The molecule has 2 aromatic carbocycles. The van der Waals surface area contributed by atoms with Gasteiger partial charge in [0.05, 0.1) is 17.7 Å². The van der Waals surface area contributed by atoms with Crippen LogP contribution < -0.4 is 10.1 Å². The highest BCUT2D eigenvalue weighted by Crippen LogP contribution is 2.30. The van der Waals surface area contributed by atoms with E-state index in [-0.39, 0.29) is 18.4 Å². The summed E-state index contributed by atoms with van der Waals surface area (Å²) in [4.78, 5) is 15.8. The Hall–Kier alpha value is -3.52. The van der Waals surface area contributed by atoms with Crippen LogP contribution in [0.2, 0.25) is 0 Å². The highest BCUT2D eigenvalue weighted by molar-refractivity contribution is 5.84. The minimum absolute atomic E-state index is 0.0211. The summed E-state index contributed by atoms with van der Waals surface area (Å²) in [5.74, 6) is 0.755. The van der Waals surface area contributed by atoms with Gasteiger partial charge in [0.25, 0.3) is 0 Å². The van der Waals surface area contributed by atoms with Crippen molar-refractivity contribution in [2.75, 3.05) is 6.54 Å². The van der Waals surface area contributed by atoms with Gasteiger partial charge in [0.1, 0.15) is 18.9 Å². The monoisotopic (exact) mass is 401 g/mol. The Bertz CT molecular complexity index is 1000. The molecule has 0 bridgehead atoms. The molecule has 0 aliphatic carbocycles. The molecule has 5 heteroatoms. The molecule has 1 aromatic heterocycles. The van der Waals surface area contributed by atoms with E-state index in [1.807, 2.05) is 66.9 Å².